The van der Waals surface area contributed by atoms with Gasteiger partial charge in [0, 0.05) is 6.54 Å². The van der Waals surface area contributed by atoms with E-state index in [4.69, 9.17) is 9.84 Å². The molecular formula is C13H19N5O4. The maximum Gasteiger partial charge on any atom is 0.167 e. The van der Waals surface area contributed by atoms with Crippen LogP contribution in [0.2, 0.25) is 0 Å². The number of imidazole rings is 1. The molecule has 0 aromatic carbocycles. The second kappa shape index (κ2) is 6.13. The van der Waals surface area contributed by atoms with Crippen LogP contribution in [0.25, 0.3) is 11.2 Å². The van der Waals surface area contributed by atoms with E-state index >= 15 is 0 Å². The number of fused-ring (bicyclic) bond motifs is 1. The maximum absolute atomic E-state index is 10.1. The molecule has 0 spiro atoms. The highest BCUT2D eigenvalue weighted by Crippen LogP contribution is 2.31. The van der Waals surface area contributed by atoms with E-state index in [-0.39, 0.29) is 6.61 Å². The second-order valence-corrected chi connectivity index (χ2v) is 5.20. The largest absolute Gasteiger partial charge is 0.394 e. The number of nitrogens with one attached hydrogen (secondary N) is 1. The Morgan fingerprint density at radius 3 is 2.77 bits per heavy atom. The third-order valence-corrected chi connectivity index (χ3v) is 3.69. The second-order valence-electron chi connectivity index (χ2n) is 5.20. The Bertz CT molecular complexity index is 648. The monoisotopic (exact) mass is 309 g/mol. The Morgan fingerprint density at radius 1 is 1.27 bits per heavy atom. The van der Waals surface area contributed by atoms with Crippen LogP contribution in [0.4, 0.5) is 5.82 Å². The van der Waals surface area contributed by atoms with Crippen LogP contribution in [-0.2, 0) is 4.74 Å². The molecule has 3 rings (SSSR count). The van der Waals surface area contributed by atoms with E-state index in [1.807, 2.05) is 6.92 Å². The molecule has 0 saturated carbocycles. The zero-order chi connectivity index (χ0) is 15.7. The first-order chi connectivity index (χ1) is 10.7. The molecule has 1 unspecified atom stereocenters. The molecule has 1 fully saturated rings. The van der Waals surface area contributed by atoms with E-state index in [0.29, 0.717) is 17.0 Å². The van der Waals surface area contributed by atoms with Gasteiger partial charge in [-0.2, -0.15) is 0 Å². The van der Waals surface area contributed by atoms with Crippen molar-refractivity contribution in [2.75, 3.05) is 18.5 Å². The summed E-state index contributed by atoms with van der Waals surface area (Å²) in [5, 5.41) is 32.3. The van der Waals surface area contributed by atoms with Crippen molar-refractivity contribution in [3.63, 3.8) is 0 Å². The molecule has 2 aromatic rings. The maximum atomic E-state index is 10.1. The van der Waals surface area contributed by atoms with Crippen molar-refractivity contribution < 1.29 is 20.1 Å². The van der Waals surface area contributed by atoms with Crippen LogP contribution in [-0.4, -0.2) is 66.3 Å². The number of nitrogens with zero attached hydrogens (tertiary/aromatic N) is 4. The summed E-state index contributed by atoms with van der Waals surface area (Å²) in [6.07, 6.45) is -0.191. The summed E-state index contributed by atoms with van der Waals surface area (Å²) in [6, 6.07) is 0. The molecule has 22 heavy (non-hydrogen) atoms. The van der Waals surface area contributed by atoms with Gasteiger partial charge in [-0.15, -0.1) is 0 Å². The molecule has 4 atom stereocenters. The van der Waals surface area contributed by atoms with Gasteiger partial charge in [0.05, 0.1) is 12.9 Å². The molecule has 0 aliphatic carbocycles. The van der Waals surface area contributed by atoms with Crippen molar-refractivity contribution in [2.24, 2.45) is 0 Å². The predicted octanol–water partition coefficient (Wildman–Crippen LogP) is -0.740. The SMILES string of the molecule is CCCNc1ncnc2c1ncn2[C@@H]1OC(CO)[C@@H](O)[C@H]1O. The van der Waals surface area contributed by atoms with Crippen LogP contribution < -0.4 is 5.32 Å². The van der Waals surface area contributed by atoms with Gasteiger partial charge in [-0.25, -0.2) is 15.0 Å². The first kappa shape index (κ1) is 15.1. The Hall–Kier alpha value is -1.81. The molecule has 3 heterocycles. The van der Waals surface area contributed by atoms with E-state index in [1.165, 1.54) is 17.2 Å². The van der Waals surface area contributed by atoms with Gasteiger partial charge in [-0.3, -0.25) is 4.57 Å². The standard InChI is InChI=1S/C13H19N5O4/c1-2-3-14-11-8-12(16-5-15-11)18(6-17-8)13-10(21)9(20)7(4-19)22-13/h5-7,9-10,13,19-21H,2-4H2,1H3,(H,14,15,16)/t7?,9-,10-,13-/m1/s1. The lowest BCUT2D eigenvalue weighted by atomic mass is 10.1. The van der Waals surface area contributed by atoms with E-state index in [9.17, 15) is 10.2 Å². The zero-order valence-corrected chi connectivity index (χ0v) is 12.1. The van der Waals surface area contributed by atoms with Crippen LogP contribution in [0.15, 0.2) is 12.7 Å². The Morgan fingerprint density at radius 2 is 2.09 bits per heavy atom. The highest BCUT2D eigenvalue weighted by molar-refractivity contribution is 5.82. The van der Waals surface area contributed by atoms with Gasteiger partial charge in [0.2, 0.25) is 0 Å². The summed E-state index contributed by atoms with van der Waals surface area (Å²) in [7, 11) is 0. The predicted molar refractivity (Wildman–Crippen MR) is 77.1 cm³/mol. The third-order valence-electron chi connectivity index (χ3n) is 3.69. The molecule has 2 aromatic heterocycles. The molecule has 1 saturated heterocycles. The van der Waals surface area contributed by atoms with Crippen LogP contribution >= 0.6 is 0 Å². The quantitative estimate of drug-likeness (QED) is 0.569. The van der Waals surface area contributed by atoms with Gasteiger partial charge >= 0.3 is 0 Å². The molecule has 0 bridgehead atoms. The average Bonchev–Trinajstić information content (AvgIpc) is 3.08. The lowest BCUT2D eigenvalue weighted by Gasteiger charge is -2.16. The summed E-state index contributed by atoms with van der Waals surface area (Å²) >= 11 is 0. The topological polar surface area (TPSA) is 126 Å². The fourth-order valence-corrected chi connectivity index (χ4v) is 2.52. The van der Waals surface area contributed by atoms with E-state index in [1.54, 1.807) is 0 Å². The fourth-order valence-electron chi connectivity index (χ4n) is 2.52. The van der Waals surface area contributed by atoms with E-state index in [2.05, 4.69) is 20.3 Å². The summed E-state index contributed by atoms with van der Waals surface area (Å²) in [5.41, 5.74) is 1.05. The molecule has 9 heteroatoms. The van der Waals surface area contributed by atoms with Gasteiger partial charge in [0.1, 0.15) is 24.6 Å². The minimum Gasteiger partial charge on any atom is -0.394 e. The summed E-state index contributed by atoms with van der Waals surface area (Å²) in [6.45, 7) is 2.43. The Balaban J connectivity index is 1.95. The average molecular weight is 309 g/mol. The molecular weight excluding hydrogens is 290 g/mol. The number of anilines is 1. The number of aromatic nitrogens is 4. The van der Waals surface area contributed by atoms with Crippen molar-refractivity contribution >= 4 is 17.0 Å². The van der Waals surface area contributed by atoms with Crippen molar-refractivity contribution in [3.05, 3.63) is 12.7 Å². The number of ether oxygens (including phenoxy) is 1. The van der Waals surface area contributed by atoms with Crippen molar-refractivity contribution in [1.29, 1.82) is 0 Å². The lowest BCUT2D eigenvalue weighted by molar-refractivity contribution is -0.0511. The molecule has 0 radical (unpaired) electrons. The van der Waals surface area contributed by atoms with Gasteiger partial charge in [-0.05, 0) is 6.42 Å². The van der Waals surface area contributed by atoms with Gasteiger partial charge < -0.3 is 25.4 Å². The van der Waals surface area contributed by atoms with Gasteiger partial charge in [-0.1, -0.05) is 6.92 Å². The summed E-state index contributed by atoms with van der Waals surface area (Å²) in [5.74, 6) is 0.609. The normalized spacial score (nSPS) is 28.4. The molecule has 120 valence electrons. The molecule has 0 amide bonds. The highest BCUT2D eigenvalue weighted by atomic mass is 16.6. The van der Waals surface area contributed by atoms with Crippen molar-refractivity contribution in [1.82, 2.24) is 19.5 Å². The smallest absolute Gasteiger partial charge is 0.167 e. The van der Waals surface area contributed by atoms with Crippen molar-refractivity contribution in [3.8, 4) is 0 Å². The number of rotatable bonds is 5. The van der Waals surface area contributed by atoms with Gasteiger partial charge in [0.25, 0.3) is 0 Å². The highest BCUT2D eigenvalue weighted by Gasteiger charge is 2.43. The third kappa shape index (κ3) is 2.41. The zero-order valence-electron chi connectivity index (χ0n) is 12.1. The molecule has 1 aliphatic heterocycles. The van der Waals surface area contributed by atoms with Crippen LogP contribution in [0.1, 0.15) is 19.6 Å². The van der Waals surface area contributed by atoms with E-state index in [0.717, 1.165) is 13.0 Å². The first-order valence-corrected chi connectivity index (χ1v) is 7.21. The van der Waals surface area contributed by atoms with Gasteiger partial charge in [0.15, 0.2) is 23.2 Å². The number of hydrogen-bond donors (Lipinski definition) is 4. The first-order valence-electron chi connectivity index (χ1n) is 7.21. The molecule has 4 N–H and O–H groups in total. The van der Waals surface area contributed by atoms with E-state index < -0.39 is 24.5 Å². The summed E-state index contributed by atoms with van der Waals surface area (Å²) < 4.78 is 7.04. The lowest BCUT2D eigenvalue weighted by Crippen LogP contribution is -2.33. The van der Waals surface area contributed by atoms with Crippen LogP contribution in [0, 0.1) is 0 Å². The molecule has 9 nitrogen and oxygen atoms in total. The summed E-state index contributed by atoms with van der Waals surface area (Å²) in [4.78, 5) is 12.6. The van der Waals surface area contributed by atoms with Crippen LogP contribution in [0.5, 0.6) is 0 Å². The minimum absolute atomic E-state index is 0.375. The fraction of sp³-hybridized carbons (Fsp3) is 0.615. The Kier molecular flexibility index (Phi) is 4.21. The number of hydrogen-bond acceptors (Lipinski definition) is 8. The van der Waals surface area contributed by atoms with Crippen LogP contribution in [0.3, 0.4) is 0 Å². The number of aliphatic hydroxyl groups is 3. The van der Waals surface area contributed by atoms with Crippen molar-refractivity contribution in [2.45, 2.75) is 37.9 Å². The Labute approximate surface area is 126 Å². The number of aliphatic hydroxyl groups excluding tert-OH is 3. The molecule has 1 aliphatic rings. The minimum atomic E-state index is -1.17.